The molecular formula is C17H28N2O3S. The largest absolute Gasteiger partial charge is 0.353 e. The SMILES string of the molecule is CS(=O)(=O)N1CCC(C(=O)NC2CC3CC2C2CCCC32)CC1. The highest BCUT2D eigenvalue weighted by Gasteiger charge is 2.54. The molecule has 5 nitrogen and oxygen atoms in total. The van der Waals surface area contributed by atoms with Gasteiger partial charge in [0.25, 0.3) is 0 Å². The molecule has 130 valence electrons. The van der Waals surface area contributed by atoms with Gasteiger partial charge in [-0.1, -0.05) is 6.42 Å². The van der Waals surface area contributed by atoms with E-state index in [0.717, 1.165) is 17.8 Å². The summed E-state index contributed by atoms with van der Waals surface area (Å²) in [6, 6.07) is 0.389. The molecule has 5 unspecified atom stereocenters. The Labute approximate surface area is 139 Å². The predicted molar refractivity (Wildman–Crippen MR) is 88.1 cm³/mol. The molecule has 1 aliphatic heterocycles. The number of amides is 1. The zero-order valence-electron chi connectivity index (χ0n) is 13.9. The summed E-state index contributed by atoms with van der Waals surface area (Å²) in [6.07, 6.45) is 9.24. The predicted octanol–water partition coefficient (Wildman–Crippen LogP) is 1.60. The van der Waals surface area contributed by atoms with Crippen molar-refractivity contribution in [3.8, 4) is 0 Å². The lowest BCUT2D eigenvalue weighted by molar-refractivity contribution is -0.127. The molecule has 0 aromatic carbocycles. The number of nitrogens with one attached hydrogen (secondary N) is 1. The maximum Gasteiger partial charge on any atom is 0.223 e. The third-order valence-electron chi connectivity index (χ3n) is 7.05. The molecule has 1 saturated heterocycles. The van der Waals surface area contributed by atoms with Gasteiger partial charge >= 0.3 is 0 Å². The average molecular weight is 340 g/mol. The minimum absolute atomic E-state index is 0.00787. The summed E-state index contributed by atoms with van der Waals surface area (Å²) >= 11 is 0. The van der Waals surface area contributed by atoms with Gasteiger partial charge < -0.3 is 5.32 Å². The molecule has 0 aromatic rings. The smallest absolute Gasteiger partial charge is 0.223 e. The lowest BCUT2D eigenvalue weighted by atomic mass is 9.79. The molecule has 2 bridgehead atoms. The summed E-state index contributed by atoms with van der Waals surface area (Å²) in [4.78, 5) is 12.6. The molecule has 1 amide bonds. The number of fused-ring (bicyclic) bond motifs is 5. The highest BCUT2D eigenvalue weighted by atomic mass is 32.2. The van der Waals surface area contributed by atoms with Crippen molar-refractivity contribution in [1.82, 2.24) is 9.62 Å². The third kappa shape index (κ3) is 2.82. The van der Waals surface area contributed by atoms with E-state index in [4.69, 9.17) is 0 Å². The Morgan fingerprint density at radius 1 is 1.00 bits per heavy atom. The Morgan fingerprint density at radius 2 is 1.70 bits per heavy atom. The molecular weight excluding hydrogens is 312 g/mol. The molecule has 3 saturated carbocycles. The van der Waals surface area contributed by atoms with Crippen molar-refractivity contribution in [2.45, 2.75) is 51.0 Å². The van der Waals surface area contributed by atoms with Gasteiger partial charge in [0.1, 0.15) is 0 Å². The summed E-state index contributed by atoms with van der Waals surface area (Å²) in [7, 11) is -3.11. The number of nitrogens with zero attached hydrogens (tertiary/aromatic N) is 1. The van der Waals surface area contributed by atoms with Crippen LogP contribution in [0.5, 0.6) is 0 Å². The normalized spacial score (nSPS) is 41.2. The van der Waals surface area contributed by atoms with Crippen molar-refractivity contribution in [2.75, 3.05) is 19.3 Å². The number of piperidine rings is 1. The second-order valence-corrected chi connectivity index (χ2v) is 10.2. The van der Waals surface area contributed by atoms with Crippen LogP contribution in [0.3, 0.4) is 0 Å². The summed E-state index contributed by atoms with van der Waals surface area (Å²) in [5.74, 6) is 3.55. The monoisotopic (exact) mass is 340 g/mol. The van der Waals surface area contributed by atoms with Crippen molar-refractivity contribution >= 4 is 15.9 Å². The van der Waals surface area contributed by atoms with E-state index in [9.17, 15) is 13.2 Å². The second-order valence-electron chi connectivity index (χ2n) is 8.21. The Kier molecular flexibility index (Phi) is 3.95. The summed E-state index contributed by atoms with van der Waals surface area (Å²) in [5, 5.41) is 3.34. The van der Waals surface area contributed by atoms with E-state index in [2.05, 4.69) is 5.32 Å². The van der Waals surface area contributed by atoms with Crippen LogP contribution >= 0.6 is 0 Å². The summed E-state index contributed by atoms with van der Waals surface area (Å²) in [5.41, 5.74) is 0. The zero-order chi connectivity index (χ0) is 16.2. The summed E-state index contributed by atoms with van der Waals surface area (Å²) < 4.78 is 24.6. The van der Waals surface area contributed by atoms with Crippen LogP contribution in [0.1, 0.15) is 44.9 Å². The van der Waals surface area contributed by atoms with Crippen molar-refractivity contribution in [1.29, 1.82) is 0 Å². The van der Waals surface area contributed by atoms with Crippen LogP contribution in [0, 0.1) is 29.6 Å². The topological polar surface area (TPSA) is 66.5 Å². The minimum Gasteiger partial charge on any atom is -0.353 e. The molecule has 3 aliphatic carbocycles. The lowest BCUT2D eigenvalue weighted by Gasteiger charge is -2.34. The van der Waals surface area contributed by atoms with Crippen LogP contribution < -0.4 is 5.32 Å². The van der Waals surface area contributed by atoms with Gasteiger partial charge in [-0.3, -0.25) is 4.79 Å². The molecule has 1 heterocycles. The minimum atomic E-state index is -3.11. The number of sulfonamides is 1. The van der Waals surface area contributed by atoms with Gasteiger partial charge in [0, 0.05) is 25.0 Å². The average Bonchev–Trinajstić information content (AvgIpc) is 3.18. The van der Waals surface area contributed by atoms with E-state index in [1.54, 1.807) is 0 Å². The Balaban J connectivity index is 1.32. The zero-order valence-corrected chi connectivity index (χ0v) is 14.7. The highest BCUT2D eigenvalue weighted by molar-refractivity contribution is 7.88. The van der Waals surface area contributed by atoms with Crippen LogP contribution in [0.15, 0.2) is 0 Å². The lowest BCUT2D eigenvalue weighted by Crippen LogP contribution is -2.47. The van der Waals surface area contributed by atoms with E-state index in [-0.39, 0.29) is 11.8 Å². The first kappa shape index (κ1) is 15.9. The van der Waals surface area contributed by atoms with Crippen LogP contribution in [0.4, 0.5) is 0 Å². The molecule has 1 N–H and O–H groups in total. The second kappa shape index (κ2) is 5.73. The molecule has 0 spiro atoms. The molecule has 5 atom stereocenters. The fourth-order valence-corrected chi connectivity index (χ4v) is 6.86. The van der Waals surface area contributed by atoms with E-state index >= 15 is 0 Å². The molecule has 0 radical (unpaired) electrons. The Bertz CT molecular complexity index is 583. The molecule has 4 aliphatic rings. The van der Waals surface area contributed by atoms with Gasteiger partial charge in [-0.15, -0.1) is 0 Å². The maximum absolute atomic E-state index is 12.6. The van der Waals surface area contributed by atoms with Gasteiger partial charge in [-0.25, -0.2) is 12.7 Å². The molecule has 0 aromatic heterocycles. The first-order valence-electron chi connectivity index (χ1n) is 9.19. The first-order valence-corrected chi connectivity index (χ1v) is 11.0. The van der Waals surface area contributed by atoms with Crippen molar-refractivity contribution in [2.24, 2.45) is 29.6 Å². The highest BCUT2D eigenvalue weighted by Crippen LogP contribution is 2.58. The van der Waals surface area contributed by atoms with Crippen LogP contribution in [0.25, 0.3) is 0 Å². The molecule has 4 rings (SSSR count). The molecule has 6 heteroatoms. The fourth-order valence-electron chi connectivity index (χ4n) is 5.98. The Hall–Kier alpha value is -0.620. The third-order valence-corrected chi connectivity index (χ3v) is 8.35. The Morgan fingerprint density at radius 3 is 2.39 bits per heavy atom. The van der Waals surface area contributed by atoms with Gasteiger partial charge in [0.15, 0.2) is 0 Å². The number of carbonyl (C=O) groups is 1. The maximum atomic E-state index is 12.6. The number of carbonyl (C=O) groups excluding carboxylic acids is 1. The number of hydrogen-bond acceptors (Lipinski definition) is 3. The van der Waals surface area contributed by atoms with Crippen molar-refractivity contribution in [3.05, 3.63) is 0 Å². The number of rotatable bonds is 3. The van der Waals surface area contributed by atoms with Crippen LogP contribution in [-0.4, -0.2) is 44.0 Å². The number of hydrogen-bond donors (Lipinski definition) is 1. The fraction of sp³-hybridized carbons (Fsp3) is 0.941. The van der Waals surface area contributed by atoms with Gasteiger partial charge in [0.2, 0.25) is 15.9 Å². The molecule has 4 fully saturated rings. The summed E-state index contributed by atoms with van der Waals surface area (Å²) in [6.45, 7) is 0.969. The first-order chi connectivity index (χ1) is 10.9. The van der Waals surface area contributed by atoms with Crippen molar-refractivity contribution in [3.63, 3.8) is 0 Å². The van der Waals surface area contributed by atoms with Crippen LogP contribution in [0.2, 0.25) is 0 Å². The molecule has 23 heavy (non-hydrogen) atoms. The van der Waals surface area contributed by atoms with E-state index in [1.165, 1.54) is 42.7 Å². The van der Waals surface area contributed by atoms with Gasteiger partial charge in [-0.05, 0) is 62.2 Å². The van der Waals surface area contributed by atoms with Crippen molar-refractivity contribution < 1.29 is 13.2 Å². The quantitative estimate of drug-likeness (QED) is 0.848. The van der Waals surface area contributed by atoms with E-state index < -0.39 is 10.0 Å². The van der Waals surface area contributed by atoms with Gasteiger partial charge in [-0.2, -0.15) is 0 Å². The van der Waals surface area contributed by atoms with Crippen LogP contribution in [-0.2, 0) is 14.8 Å². The standard InChI is InChI=1S/C17H28N2O3S/c1-23(21,22)19-7-5-11(6-8-19)17(20)18-16-10-12-9-15(16)14-4-2-3-13(12)14/h11-16H,2-10H2,1H3,(H,18,20). The van der Waals surface area contributed by atoms with E-state index in [0.29, 0.717) is 37.9 Å². The van der Waals surface area contributed by atoms with E-state index in [1.807, 2.05) is 0 Å². The van der Waals surface area contributed by atoms with Gasteiger partial charge in [0.05, 0.1) is 6.26 Å².